The topological polar surface area (TPSA) is 29.5 Å². The van der Waals surface area contributed by atoms with Crippen molar-refractivity contribution in [2.24, 2.45) is 0 Å². The second kappa shape index (κ2) is 31.3. The van der Waals surface area contributed by atoms with Crippen molar-refractivity contribution in [1.82, 2.24) is 0 Å². The number of nitrogens with zero attached hydrogens (tertiary/aromatic N) is 1. The Morgan fingerprint density at radius 2 is 0.628 bits per heavy atom. The molecule has 0 N–H and O–H groups in total. The van der Waals surface area contributed by atoms with Gasteiger partial charge in [-0.15, -0.1) is 0 Å². The highest BCUT2D eigenvalue weighted by atomic mass is 16.3. The van der Waals surface area contributed by atoms with Crippen LogP contribution in [0.25, 0.3) is 133 Å². The Morgan fingerprint density at radius 3 is 1.19 bits per heavy atom. The lowest BCUT2D eigenvalue weighted by molar-refractivity contribution is 0.399. The normalized spacial score (nSPS) is 15.2. The van der Waals surface area contributed by atoms with Crippen LogP contribution < -0.4 is 4.90 Å². The fourth-order valence-corrected chi connectivity index (χ4v) is 24.0. The van der Waals surface area contributed by atoms with Crippen molar-refractivity contribution in [3.63, 3.8) is 0 Å². The second-order valence-electron chi connectivity index (χ2n) is 38.7. The summed E-state index contributed by atoms with van der Waals surface area (Å²) in [4.78, 5) is 2.60. The van der Waals surface area contributed by atoms with Crippen LogP contribution in [0, 0.1) is 6.92 Å². The van der Waals surface area contributed by atoms with E-state index < -0.39 is 0 Å². The number of aryl methyl sites for hydroxylation is 1. The van der Waals surface area contributed by atoms with Crippen LogP contribution in [0.2, 0.25) is 0 Å². The van der Waals surface area contributed by atoms with Gasteiger partial charge in [0, 0.05) is 76.8 Å². The van der Waals surface area contributed by atoms with Crippen molar-refractivity contribution in [3.8, 4) is 89.0 Å². The molecule has 5 aliphatic carbocycles. The Morgan fingerprint density at radius 1 is 0.256 bits per heavy atom. The molecular weight excluding hydrogens is 1460 g/mol. The molecule has 0 bridgehead atoms. The molecule has 0 unspecified atom stereocenters. The third-order valence-electron chi connectivity index (χ3n) is 30.3. The second-order valence-corrected chi connectivity index (χ2v) is 38.7. The third kappa shape index (κ3) is 12.7. The average molecular weight is 1590 g/mol. The molecule has 0 spiro atoms. The van der Waals surface area contributed by atoms with Gasteiger partial charge in [-0.05, 0) is 239 Å². The van der Waals surface area contributed by atoms with Crippen molar-refractivity contribution in [1.29, 1.82) is 0 Å². The minimum absolute atomic E-state index is 0.0410. The van der Waals surface area contributed by atoms with E-state index in [2.05, 4.69) is 324 Å². The molecule has 2 heterocycles. The van der Waals surface area contributed by atoms with Gasteiger partial charge in [0.2, 0.25) is 0 Å². The van der Waals surface area contributed by atoms with Crippen molar-refractivity contribution in [2.45, 2.75) is 257 Å². The number of hydrogen-bond donors (Lipinski definition) is 0. The molecule has 610 valence electrons. The van der Waals surface area contributed by atoms with Gasteiger partial charge in [-0.3, -0.25) is 0 Å². The summed E-state index contributed by atoms with van der Waals surface area (Å²) in [5.41, 5.74) is 43.0. The van der Waals surface area contributed by atoms with E-state index in [0.29, 0.717) is 0 Å². The van der Waals surface area contributed by atoms with Gasteiger partial charge in [-0.2, -0.15) is 0 Å². The highest BCUT2D eigenvalue weighted by Gasteiger charge is 2.51. The van der Waals surface area contributed by atoms with E-state index in [9.17, 15) is 0 Å². The molecule has 0 atom stereocenters. The van der Waals surface area contributed by atoms with E-state index in [-0.39, 0.29) is 27.1 Å². The Kier molecular flexibility index (Phi) is 20.4. The van der Waals surface area contributed by atoms with E-state index in [0.717, 1.165) is 53.7 Å². The highest BCUT2D eigenvalue weighted by molar-refractivity contribution is 6.22. The van der Waals surface area contributed by atoms with Crippen LogP contribution in [-0.4, -0.2) is 0 Å². The lowest BCUT2D eigenvalue weighted by Gasteiger charge is -2.35. The Labute approximate surface area is 720 Å². The van der Waals surface area contributed by atoms with Gasteiger partial charge in [0.1, 0.15) is 22.3 Å². The van der Waals surface area contributed by atoms with Gasteiger partial charge < -0.3 is 13.7 Å². The molecule has 0 fully saturated rings. The summed E-state index contributed by atoms with van der Waals surface area (Å²) >= 11 is 0. The fraction of sp³-hybridized carbons (Fsp3) is 0.339. The number of hydrogen-bond acceptors (Lipinski definition) is 3. The Hall–Kier alpha value is -10.7. The zero-order valence-corrected chi connectivity index (χ0v) is 73.8. The van der Waals surface area contributed by atoms with Gasteiger partial charge in [0.05, 0.1) is 0 Å². The van der Waals surface area contributed by atoms with Crippen LogP contribution in [0.5, 0.6) is 0 Å². The van der Waals surface area contributed by atoms with Crippen molar-refractivity contribution >= 4 is 60.9 Å². The zero-order chi connectivity index (χ0) is 82.7. The minimum atomic E-state index is -0.358. The van der Waals surface area contributed by atoms with E-state index in [4.69, 9.17) is 8.83 Å². The van der Waals surface area contributed by atoms with Gasteiger partial charge >= 0.3 is 0 Å². The lowest BCUT2D eigenvalue weighted by atomic mass is 9.70. The maximum absolute atomic E-state index is 7.39. The number of rotatable bonds is 30. The van der Waals surface area contributed by atoms with Crippen LogP contribution in [0.15, 0.2) is 251 Å². The van der Waals surface area contributed by atoms with Crippen molar-refractivity contribution < 1.29 is 8.83 Å². The molecule has 3 nitrogen and oxygen atoms in total. The van der Waals surface area contributed by atoms with Crippen LogP contribution in [0.4, 0.5) is 17.1 Å². The monoisotopic (exact) mass is 1580 g/mol. The molecule has 0 radical (unpaired) electrons. The van der Waals surface area contributed by atoms with Crippen molar-refractivity contribution in [3.05, 3.63) is 304 Å². The number of benzene rings is 13. The summed E-state index contributed by atoms with van der Waals surface area (Å²) in [5.74, 6) is 0. The molecule has 0 aliphatic heterocycles. The highest BCUT2D eigenvalue weighted by Crippen LogP contribution is 2.66. The van der Waals surface area contributed by atoms with Gasteiger partial charge in [-0.1, -0.05) is 373 Å². The van der Waals surface area contributed by atoms with Crippen LogP contribution in [0.3, 0.4) is 0 Å². The number of anilines is 3. The average Bonchev–Trinajstić information content (AvgIpc) is 1.50. The molecule has 121 heavy (non-hydrogen) atoms. The first-order valence-electron chi connectivity index (χ1n) is 46.9. The summed E-state index contributed by atoms with van der Waals surface area (Å²) < 4.78 is 14.5. The Balaban J connectivity index is 0.680. The molecular formula is C118H121NO2. The summed E-state index contributed by atoms with van der Waals surface area (Å²) in [7, 11) is 0. The zero-order valence-electron chi connectivity index (χ0n) is 73.8. The first-order valence-corrected chi connectivity index (χ1v) is 46.9. The van der Waals surface area contributed by atoms with E-state index >= 15 is 0 Å². The SMILES string of the molecule is CCCCCCCC1(CCCCCCC)c2ccccc2-c2ccc(-c3ccc4c(c3)C(C)(C)c3cc(-c5ccc(-c6cc7c(c8c6oc6ccccc68)-c6ccc(N(c8ccc(C)cc8)c8ccc9c(c8)C(C)(C)c8c%10c(c%11oc%12ccccc%12c%11c8-9)-c8ccccc8C%10(C)C)cc6C7(CCCCCCC)CCCCCCC)cc5)ccc3-4)cc21. The maximum Gasteiger partial charge on any atom is 0.144 e. The molecule has 3 heteroatoms. The van der Waals surface area contributed by atoms with E-state index in [1.54, 1.807) is 11.1 Å². The predicted molar refractivity (Wildman–Crippen MR) is 515 cm³/mol. The molecule has 2 aromatic heterocycles. The summed E-state index contributed by atoms with van der Waals surface area (Å²) in [5, 5.41) is 4.84. The molecule has 5 aliphatic rings. The largest absolute Gasteiger partial charge is 0.455 e. The van der Waals surface area contributed by atoms with Gasteiger partial charge in [0.15, 0.2) is 0 Å². The van der Waals surface area contributed by atoms with Crippen LogP contribution in [-0.2, 0) is 27.1 Å². The molecule has 0 saturated carbocycles. The molecule has 20 rings (SSSR count). The van der Waals surface area contributed by atoms with Crippen molar-refractivity contribution in [2.75, 3.05) is 4.90 Å². The molecule has 15 aromatic rings. The molecule has 13 aromatic carbocycles. The molecule has 0 saturated heterocycles. The smallest absolute Gasteiger partial charge is 0.144 e. The number of para-hydroxylation sites is 2. The Bertz CT molecular complexity index is 6490. The van der Waals surface area contributed by atoms with Crippen LogP contribution >= 0.6 is 0 Å². The van der Waals surface area contributed by atoms with Gasteiger partial charge in [-0.25, -0.2) is 0 Å². The minimum Gasteiger partial charge on any atom is -0.455 e. The number of unbranched alkanes of at least 4 members (excludes halogenated alkanes) is 16. The summed E-state index contributed by atoms with van der Waals surface area (Å²) in [6.45, 7) is 26.4. The van der Waals surface area contributed by atoms with E-state index in [1.807, 2.05) is 0 Å². The van der Waals surface area contributed by atoms with Gasteiger partial charge in [0.25, 0.3) is 0 Å². The lowest BCUT2D eigenvalue weighted by Crippen LogP contribution is -2.26. The standard InChI is InChI=1S/C118H121NO2/c1-12-16-20-24-36-66-117(67-37-25-21-17-13-2)96-45-33-28-40-85(96)88-63-56-81(72-100(88)117)80-55-62-87-86-61-54-79(70-97(86)114(6,7)98(87)71-80)77-50-52-78(53-51-77)94-75-102-105(107-92-42-30-34-46-103(92)120-112(94)107)91-65-60-84(74-101(91)118(102,68-38-26-22-18-14-3)69-39-27-23-19-15-4)119(82-57-48-76(5)49-58-82)83-59-64-90-99(73-83)116(10,11)110-106(90)108-93-43-31-35-47-104(93)121-113(108)109-89-41-29-32-44-95(89)115(8,9)111(109)110/h28-35,40-65,70-75H,12-27,36-39,66-69H2,1-11H3. The summed E-state index contributed by atoms with van der Waals surface area (Å²) in [6.07, 6.45) is 29.9. The first kappa shape index (κ1) is 78.8. The fourth-order valence-electron chi connectivity index (χ4n) is 24.0. The van der Waals surface area contributed by atoms with Crippen LogP contribution in [0.1, 0.15) is 285 Å². The maximum atomic E-state index is 7.39. The third-order valence-corrected chi connectivity index (χ3v) is 30.3. The molecule has 0 amide bonds. The predicted octanol–water partition coefficient (Wildman–Crippen LogP) is 35.2. The summed E-state index contributed by atoms with van der Waals surface area (Å²) in [6, 6.07) is 95.3. The van der Waals surface area contributed by atoms with E-state index in [1.165, 1.54) is 300 Å². The number of furan rings is 2. The first-order chi connectivity index (χ1) is 59.0. The quantitative estimate of drug-likeness (QED) is 0.0420. The number of fused-ring (bicyclic) bond motifs is 25.